The van der Waals surface area contributed by atoms with Gasteiger partial charge in [-0.05, 0) is 42.8 Å². The zero-order valence-corrected chi connectivity index (χ0v) is 17.1. The van der Waals surface area contributed by atoms with Crippen LogP contribution in [-0.2, 0) is 11.3 Å². The van der Waals surface area contributed by atoms with E-state index in [1.807, 2.05) is 67.6 Å². The Morgan fingerprint density at radius 3 is 2.38 bits per heavy atom. The van der Waals surface area contributed by atoms with E-state index in [1.54, 1.807) is 13.2 Å². The van der Waals surface area contributed by atoms with Gasteiger partial charge in [-0.1, -0.05) is 47.5 Å². The van der Waals surface area contributed by atoms with Crippen LogP contribution in [0.5, 0.6) is 11.5 Å². The average molecular weight is 411 g/mol. The van der Waals surface area contributed by atoms with Crippen molar-refractivity contribution in [2.45, 2.75) is 13.5 Å². The average Bonchev–Trinajstić information content (AvgIpc) is 2.74. The van der Waals surface area contributed by atoms with Crippen LogP contribution in [-0.4, -0.2) is 19.6 Å². The van der Waals surface area contributed by atoms with Crippen LogP contribution in [0, 0.1) is 6.92 Å². The fourth-order valence-corrected chi connectivity index (χ4v) is 2.94. The van der Waals surface area contributed by atoms with E-state index in [1.165, 1.54) is 0 Å². The highest BCUT2D eigenvalue weighted by atomic mass is 35.5. The lowest BCUT2D eigenvalue weighted by atomic mass is 10.2. The number of rotatable bonds is 8. The molecule has 0 bridgehead atoms. The molecule has 0 atom stereocenters. The molecule has 3 aromatic carbocycles. The van der Waals surface area contributed by atoms with Crippen molar-refractivity contribution in [2.24, 2.45) is 0 Å². The number of amides is 1. The van der Waals surface area contributed by atoms with Crippen molar-refractivity contribution in [2.75, 3.05) is 24.4 Å². The number of aryl methyl sites for hydroxylation is 1. The molecule has 0 aliphatic rings. The topological polar surface area (TPSA) is 59.6 Å². The monoisotopic (exact) mass is 410 g/mol. The van der Waals surface area contributed by atoms with E-state index < -0.39 is 0 Å². The van der Waals surface area contributed by atoms with E-state index in [0.29, 0.717) is 23.1 Å². The van der Waals surface area contributed by atoms with Crippen LogP contribution >= 0.6 is 11.6 Å². The summed E-state index contributed by atoms with van der Waals surface area (Å²) in [5.74, 6) is 0.671. The Labute approximate surface area is 175 Å². The summed E-state index contributed by atoms with van der Waals surface area (Å²) in [7, 11) is 1.55. The first-order chi connectivity index (χ1) is 14.0. The lowest BCUT2D eigenvalue weighted by Gasteiger charge is -2.15. The fraction of sp³-hybridized carbons (Fsp3) is 0.174. The first kappa shape index (κ1) is 20.6. The summed E-state index contributed by atoms with van der Waals surface area (Å²) >= 11 is 6.41. The van der Waals surface area contributed by atoms with Crippen LogP contribution in [0.2, 0.25) is 5.02 Å². The van der Waals surface area contributed by atoms with Crippen molar-refractivity contribution in [3.05, 3.63) is 82.9 Å². The van der Waals surface area contributed by atoms with Gasteiger partial charge in [0.1, 0.15) is 0 Å². The van der Waals surface area contributed by atoms with Crippen LogP contribution < -0.4 is 20.1 Å². The molecule has 0 radical (unpaired) electrons. The highest BCUT2D eigenvalue weighted by Crippen LogP contribution is 2.33. The zero-order chi connectivity index (χ0) is 20.6. The minimum atomic E-state index is -0.262. The van der Waals surface area contributed by atoms with Crippen LogP contribution in [0.4, 0.5) is 11.4 Å². The molecule has 6 heteroatoms. The van der Waals surface area contributed by atoms with E-state index in [4.69, 9.17) is 21.1 Å². The summed E-state index contributed by atoms with van der Waals surface area (Å²) in [4.78, 5) is 12.2. The number of halogens is 1. The molecule has 0 spiro atoms. The number of hydrogen-bond acceptors (Lipinski definition) is 4. The van der Waals surface area contributed by atoms with Gasteiger partial charge in [0.2, 0.25) is 0 Å². The number of benzene rings is 3. The molecule has 0 saturated carbocycles. The molecule has 2 N–H and O–H groups in total. The number of methoxy groups -OCH3 is 1. The van der Waals surface area contributed by atoms with Crippen molar-refractivity contribution in [3.63, 3.8) is 0 Å². The predicted octanol–water partition coefficient (Wildman–Crippen LogP) is 5.29. The van der Waals surface area contributed by atoms with Crippen LogP contribution in [0.25, 0.3) is 0 Å². The van der Waals surface area contributed by atoms with Gasteiger partial charge >= 0.3 is 0 Å². The molecule has 29 heavy (non-hydrogen) atoms. The van der Waals surface area contributed by atoms with E-state index >= 15 is 0 Å². The largest absolute Gasteiger partial charge is 0.493 e. The number of carbonyl (C=O) groups is 1. The Morgan fingerprint density at radius 1 is 0.966 bits per heavy atom. The second kappa shape index (κ2) is 9.85. The lowest BCUT2D eigenvalue weighted by molar-refractivity contribution is -0.118. The highest BCUT2D eigenvalue weighted by Gasteiger charge is 2.13. The smallest absolute Gasteiger partial charge is 0.262 e. The summed E-state index contributed by atoms with van der Waals surface area (Å²) in [5, 5.41) is 6.63. The van der Waals surface area contributed by atoms with Crippen molar-refractivity contribution in [1.29, 1.82) is 0 Å². The number of carbonyl (C=O) groups excluding carboxylic acids is 1. The molecule has 3 rings (SSSR count). The van der Waals surface area contributed by atoms with Gasteiger partial charge in [0.25, 0.3) is 5.91 Å². The summed E-state index contributed by atoms with van der Waals surface area (Å²) in [6, 6.07) is 20.9. The summed E-state index contributed by atoms with van der Waals surface area (Å²) in [6.45, 7) is 2.37. The third kappa shape index (κ3) is 5.90. The Kier molecular flexibility index (Phi) is 6.98. The summed E-state index contributed by atoms with van der Waals surface area (Å²) in [6.07, 6.45) is 0. The van der Waals surface area contributed by atoms with Crippen molar-refractivity contribution >= 4 is 28.9 Å². The van der Waals surface area contributed by atoms with Crippen molar-refractivity contribution in [3.8, 4) is 11.5 Å². The molecule has 0 heterocycles. The quantitative estimate of drug-likeness (QED) is 0.530. The molecule has 0 aliphatic heterocycles. The van der Waals surface area contributed by atoms with Gasteiger partial charge < -0.3 is 20.1 Å². The van der Waals surface area contributed by atoms with Gasteiger partial charge in [-0.3, -0.25) is 4.79 Å². The fourth-order valence-electron chi connectivity index (χ4n) is 2.72. The minimum Gasteiger partial charge on any atom is -0.493 e. The molecule has 0 fully saturated rings. The maximum Gasteiger partial charge on any atom is 0.262 e. The third-order valence-corrected chi connectivity index (χ3v) is 4.64. The molecule has 0 aliphatic carbocycles. The summed E-state index contributed by atoms with van der Waals surface area (Å²) < 4.78 is 11.1. The van der Waals surface area contributed by atoms with Gasteiger partial charge in [-0.15, -0.1) is 0 Å². The number of nitrogens with one attached hydrogen (secondary N) is 2. The van der Waals surface area contributed by atoms with Gasteiger partial charge in [-0.25, -0.2) is 0 Å². The number of hydrogen-bond donors (Lipinski definition) is 2. The van der Waals surface area contributed by atoms with E-state index in [2.05, 4.69) is 10.6 Å². The SMILES string of the molecule is COc1cc(CNc2ccccc2)c(Cl)cc1OCC(=O)Nc1ccc(C)cc1. The second-order valence-corrected chi connectivity index (χ2v) is 6.92. The maximum absolute atomic E-state index is 12.2. The molecule has 0 unspecified atom stereocenters. The van der Waals surface area contributed by atoms with Crippen LogP contribution in [0.3, 0.4) is 0 Å². The van der Waals surface area contributed by atoms with E-state index in [0.717, 1.165) is 22.5 Å². The highest BCUT2D eigenvalue weighted by molar-refractivity contribution is 6.31. The van der Waals surface area contributed by atoms with E-state index in [9.17, 15) is 4.79 Å². The lowest BCUT2D eigenvalue weighted by Crippen LogP contribution is -2.20. The van der Waals surface area contributed by atoms with E-state index in [-0.39, 0.29) is 12.5 Å². The molecule has 5 nitrogen and oxygen atoms in total. The standard InChI is InChI=1S/C23H23ClN2O3/c1-16-8-10-19(11-9-16)26-23(27)15-29-22-13-20(24)17(12-21(22)28-2)14-25-18-6-4-3-5-7-18/h3-13,25H,14-15H2,1-2H3,(H,26,27). The number of anilines is 2. The summed E-state index contributed by atoms with van der Waals surface area (Å²) in [5.41, 5.74) is 3.71. The Balaban J connectivity index is 1.62. The predicted molar refractivity (Wildman–Crippen MR) is 117 cm³/mol. The minimum absolute atomic E-state index is 0.151. The molecule has 150 valence electrons. The molecular weight excluding hydrogens is 388 g/mol. The molecule has 3 aromatic rings. The number of ether oxygens (including phenoxy) is 2. The Morgan fingerprint density at radius 2 is 1.69 bits per heavy atom. The zero-order valence-electron chi connectivity index (χ0n) is 16.4. The van der Waals surface area contributed by atoms with Crippen LogP contribution in [0.15, 0.2) is 66.7 Å². The van der Waals surface area contributed by atoms with Crippen molar-refractivity contribution in [1.82, 2.24) is 0 Å². The third-order valence-electron chi connectivity index (χ3n) is 4.28. The first-order valence-corrected chi connectivity index (χ1v) is 9.57. The number of para-hydroxylation sites is 1. The normalized spacial score (nSPS) is 10.3. The first-order valence-electron chi connectivity index (χ1n) is 9.20. The van der Waals surface area contributed by atoms with Crippen molar-refractivity contribution < 1.29 is 14.3 Å². The molecular formula is C23H23ClN2O3. The van der Waals surface area contributed by atoms with Gasteiger partial charge in [0.15, 0.2) is 18.1 Å². The van der Waals surface area contributed by atoms with Gasteiger partial charge in [0.05, 0.1) is 7.11 Å². The second-order valence-electron chi connectivity index (χ2n) is 6.52. The Hall–Kier alpha value is -3.18. The Bertz CT molecular complexity index is 960. The maximum atomic E-state index is 12.2. The molecule has 0 aromatic heterocycles. The molecule has 1 amide bonds. The van der Waals surface area contributed by atoms with Gasteiger partial charge in [-0.2, -0.15) is 0 Å². The molecule has 0 saturated heterocycles. The van der Waals surface area contributed by atoms with Crippen LogP contribution in [0.1, 0.15) is 11.1 Å². The van der Waals surface area contributed by atoms with Gasteiger partial charge in [0, 0.05) is 29.0 Å².